The van der Waals surface area contributed by atoms with Crippen LogP contribution in [0.1, 0.15) is 67.0 Å². The number of anilines is 7. The Balaban J connectivity index is 0.000000167. The molecular formula is C94H96N12O11. The fraction of sp³-hybridized carbons (Fsp3) is 0.170. The van der Waals surface area contributed by atoms with E-state index in [9.17, 15) is 54.9 Å². The first-order chi connectivity index (χ1) is 56.5. The van der Waals surface area contributed by atoms with E-state index in [4.69, 9.17) is 27.9 Å². The molecule has 0 atom stereocenters. The highest BCUT2D eigenvalue weighted by atomic mass is 16.3. The Morgan fingerprint density at radius 2 is 0.821 bits per heavy atom. The van der Waals surface area contributed by atoms with Crippen molar-refractivity contribution in [2.45, 2.75) is 59.3 Å². The molecule has 0 saturated carbocycles. The third-order valence-electron chi connectivity index (χ3n) is 18.8. The first-order valence-corrected chi connectivity index (χ1v) is 38.3. The van der Waals surface area contributed by atoms with E-state index in [0.717, 1.165) is 94.6 Å². The van der Waals surface area contributed by atoms with Crippen molar-refractivity contribution in [2.24, 2.45) is 25.7 Å². The highest BCUT2D eigenvalue weighted by molar-refractivity contribution is 6.23. The number of carbonyl (C=O) groups excluding carboxylic acids is 4. The number of ketones is 4. The number of rotatable bonds is 26. The summed E-state index contributed by atoms with van der Waals surface area (Å²) in [7, 11) is 0. The predicted octanol–water partition coefficient (Wildman–Crippen LogP) is 14.9. The molecule has 4 aliphatic carbocycles. The van der Waals surface area contributed by atoms with Gasteiger partial charge in [0, 0.05) is 133 Å². The Bertz CT molecular complexity index is 5370. The Morgan fingerprint density at radius 3 is 1.32 bits per heavy atom. The predicted molar refractivity (Wildman–Crippen MR) is 470 cm³/mol. The third-order valence-corrected chi connectivity index (χ3v) is 18.8. The second-order valence-electron chi connectivity index (χ2n) is 27.6. The Hall–Kier alpha value is -14.4. The molecular weight excluding hydrogens is 1470 g/mol. The highest BCUT2D eigenvalue weighted by Gasteiger charge is 2.22. The van der Waals surface area contributed by atoms with Crippen LogP contribution in [-0.2, 0) is 44.9 Å². The van der Waals surface area contributed by atoms with Gasteiger partial charge >= 0.3 is 0 Å². The molecule has 0 aliphatic heterocycles. The smallest absolute Gasteiger partial charge is 0.184 e. The number of phenols is 5. The summed E-state index contributed by atoms with van der Waals surface area (Å²) in [4.78, 5) is 70.4. The Morgan fingerprint density at radius 1 is 0.410 bits per heavy atom. The van der Waals surface area contributed by atoms with Gasteiger partial charge in [0.15, 0.2) is 23.1 Å². The van der Waals surface area contributed by atoms with Crippen molar-refractivity contribution in [3.05, 3.63) is 323 Å². The average molecular weight is 1570 g/mol. The lowest BCUT2D eigenvalue weighted by molar-refractivity contribution is -0.112. The van der Waals surface area contributed by atoms with Crippen LogP contribution in [0.4, 0.5) is 62.6 Å². The number of carbonyl (C=O) groups is 4. The van der Waals surface area contributed by atoms with Crippen LogP contribution in [0.2, 0.25) is 0 Å². The summed E-state index contributed by atoms with van der Waals surface area (Å²) < 4.78 is 0. The minimum Gasteiger partial charge on any atom is -0.508 e. The number of phenolic OH excluding ortho intramolecular Hbond substituents is 5. The van der Waals surface area contributed by atoms with Gasteiger partial charge in [0.2, 0.25) is 0 Å². The maximum atomic E-state index is 13.1. The van der Waals surface area contributed by atoms with E-state index < -0.39 is 0 Å². The molecule has 0 heterocycles. The zero-order valence-electron chi connectivity index (χ0n) is 65.4. The normalized spacial score (nSPS) is 14.1. The van der Waals surface area contributed by atoms with Gasteiger partial charge in [0.05, 0.1) is 81.6 Å². The lowest BCUT2D eigenvalue weighted by atomic mass is 9.94. The maximum Gasteiger partial charge on any atom is 0.184 e. The van der Waals surface area contributed by atoms with Crippen LogP contribution in [0.25, 0.3) is 0 Å². The molecule has 23 nitrogen and oxygen atoms in total. The number of aliphatic hydroxyl groups is 2. The molecule has 13 rings (SSSR count). The summed E-state index contributed by atoms with van der Waals surface area (Å²) in [5.74, 6) is 0.429. The number of hydrogen-bond donors (Lipinski definition) is 13. The van der Waals surface area contributed by atoms with E-state index in [0.29, 0.717) is 118 Å². The van der Waals surface area contributed by atoms with E-state index >= 15 is 0 Å². The minimum absolute atomic E-state index is 0.000397. The number of aliphatic hydroxyl groups excluding tert-OH is 2. The number of nitrogens with two attached hydrogens (primary N) is 4. The molecule has 9 aromatic carbocycles. The van der Waals surface area contributed by atoms with Gasteiger partial charge in [-0.05, 0) is 237 Å². The second kappa shape index (κ2) is 41.9. The van der Waals surface area contributed by atoms with Crippen molar-refractivity contribution in [3.63, 3.8) is 0 Å². The van der Waals surface area contributed by atoms with Gasteiger partial charge in [-0.1, -0.05) is 61.9 Å². The number of aromatic hydroxyl groups is 5. The quantitative estimate of drug-likeness (QED) is 0.0104. The number of nitrogens with zero attached hydrogens (tertiary/aromatic N) is 6. The molecule has 0 spiro atoms. The number of allylic oxidation sites excluding steroid dienone is 14. The molecule has 0 amide bonds. The average Bonchev–Trinajstić information content (AvgIpc) is 0.840. The van der Waals surface area contributed by atoms with Crippen molar-refractivity contribution >= 4 is 109 Å². The van der Waals surface area contributed by atoms with E-state index in [1.165, 1.54) is 36.4 Å². The van der Waals surface area contributed by atoms with Crippen LogP contribution in [0.3, 0.4) is 0 Å². The van der Waals surface area contributed by atoms with E-state index in [-0.39, 0.29) is 65.1 Å². The molecule has 0 radical (unpaired) electrons. The van der Waals surface area contributed by atoms with E-state index in [1.54, 1.807) is 146 Å². The SMILES string of the molecule is CCCCNC1=CC(=O)C(Cc2ccc(N(CC)CCO)cc2)=CC1=Nc1ccc(N(CC)CCO)cc1.NC1=CC(=O)C(Cc2ccc(N)cc2)=CC1=Nc1ccc(N)cc1.Nc1cc(O)c(Cc2ccc(O)cc2)cc1N=C1C=CC(=O)C=C1.O=C1C=CC(=Nc2cc(O)c(Cc3ccc(O)cc3)cc2Nc2ccc(O)cc2)C=C1. The number of likely N-dealkylation sites (N-methyl/N-ethyl adjacent to an activating group) is 2. The molecule has 4 aliphatic rings. The monoisotopic (exact) mass is 1570 g/mol. The van der Waals surface area contributed by atoms with Crippen LogP contribution in [0.15, 0.2) is 310 Å². The number of nitrogen functional groups attached to an aromatic ring is 3. The van der Waals surface area contributed by atoms with Crippen LogP contribution in [0.5, 0.6) is 28.7 Å². The van der Waals surface area contributed by atoms with Crippen LogP contribution in [-0.4, -0.2) is 128 Å². The lowest BCUT2D eigenvalue weighted by Gasteiger charge is -2.22. The Labute approximate surface area is 680 Å². The second-order valence-corrected chi connectivity index (χ2v) is 27.6. The molecule has 9 aromatic rings. The molecule has 23 heteroatoms. The molecule has 17 N–H and O–H groups in total. The number of benzene rings is 9. The van der Waals surface area contributed by atoms with Crippen molar-refractivity contribution in [3.8, 4) is 28.7 Å². The van der Waals surface area contributed by atoms with E-state index in [1.807, 2.05) is 84.9 Å². The number of aliphatic imine (C=N–C) groups is 4. The largest absolute Gasteiger partial charge is 0.508 e. The van der Waals surface area contributed by atoms with Crippen LogP contribution in [0, 0.1) is 0 Å². The number of nitrogens with one attached hydrogen (secondary N) is 2. The summed E-state index contributed by atoms with van der Waals surface area (Å²) in [6.07, 6.45) is 23.0. The summed E-state index contributed by atoms with van der Waals surface area (Å²) >= 11 is 0. The molecule has 0 saturated heterocycles. The summed E-state index contributed by atoms with van der Waals surface area (Å²) in [5.41, 5.74) is 41.3. The fourth-order valence-corrected chi connectivity index (χ4v) is 12.4. The molecule has 0 unspecified atom stereocenters. The third kappa shape index (κ3) is 25.5. The highest BCUT2D eigenvalue weighted by Crippen LogP contribution is 2.38. The van der Waals surface area contributed by atoms with Crippen molar-refractivity contribution in [2.75, 3.05) is 78.3 Å². The number of unbranched alkanes of at least 4 members (excludes halogenated alkanes) is 1. The van der Waals surface area contributed by atoms with E-state index in [2.05, 4.69) is 56.2 Å². The van der Waals surface area contributed by atoms with Gasteiger partial charge in [-0.25, -0.2) is 20.0 Å². The number of hydrogen-bond acceptors (Lipinski definition) is 23. The first-order valence-electron chi connectivity index (χ1n) is 38.3. The fourth-order valence-electron chi connectivity index (χ4n) is 12.4. The Kier molecular flexibility index (Phi) is 30.5. The molecule has 0 bridgehead atoms. The molecule has 598 valence electrons. The van der Waals surface area contributed by atoms with Crippen molar-refractivity contribution in [1.82, 2.24) is 5.32 Å². The summed E-state index contributed by atoms with van der Waals surface area (Å²) in [6.45, 7) is 10.1. The first kappa shape index (κ1) is 85.0. The maximum absolute atomic E-state index is 13.1. The molecule has 117 heavy (non-hydrogen) atoms. The molecule has 0 aromatic heterocycles. The van der Waals surface area contributed by atoms with Crippen molar-refractivity contribution in [1.29, 1.82) is 0 Å². The van der Waals surface area contributed by atoms with Gasteiger partial charge in [0.25, 0.3) is 0 Å². The zero-order valence-corrected chi connectivity index (χ0v) is 65.4. The van der Waals surface area contributed by atoms with Crippen LogP contribution >= 0.6 is 0 Å². The topological polar surface area (TPSA) is 394 Å². The van der Waals surface area contributed by atoms with Gasteiger partial charge in [-0.15, -0.1) is 0 Å². The van der Waals surface area contributed by atoms with Gasteiger partial charge in [-0.2, -0.15) is 0 Å². The summed E-state index contributed by atoms with van der Waals surface area (Å²) in [6, 6.07) is 57.5. The lowest BCUT2D eigenvalue weighted by Crippen LogP contribution is -2.26. The summed E-state index contributed by atoms with van der Waals surface area (Å²) in [5, 5.41) is 74.4. The van der Waals surface area contributed by atoms with Gasteiger partial charge in [-0.3, -0.25) is 19.2 Å². The molecule has 0 fully saturated rings. The zero-order chi connectivity index (χ0) is 83.3. The van der Waals surface area contributed by atoms with Crippen molar-refractivity contribution < 1.29 is 54.9 Å². The van der Waals surface area contributed by atoms with Gasteiger partial charge in [0.1, 0.15) is 28.7 Å². The van der Waals surface area contributed by atoms with Gasteiger partial charge < -0.3 is 79.1 Å². The standard InChI is InChI=1S/C31H42N4O3.C25H20N2O4.C19H18N4O.C19H16N2O3/c1-4-7-16-32-29-23-31(38)25(21-24-8-12-27(13-9-24)34(5-2)17-19-36)22-30(29)33-26-10-14-28(15-11-26)35(6-3)18-20-37;28-20-7-1-16(2-8-20)13-17-14-23(26-18-3-9-21(29)10-4-18)24(15-25(17)31)27-19-5-11-22(30)12-6-19;20-14-3-1-12(2-4-14)9-13-10-18(17(22)11-19(13)24)23-16-7-5-15(21)6-8-16;20-17-11-19(24)13(9-12-1-5-15(22)6-2-12)10-18(17)21-14-3-7-16(23)8-4-14/h8-15,22-23,32,36-37H,4-7,16-21H2,1-3H3;1-12,14-15,26,28-29,31H,13H2;1-8,10-11H,9,20-22H2;1-8,10-11,22,24H,9,20H2. The van der Waals surface area contributed by atoms with Crippen LogP contribution < -0.4 is 43.4 Å². The minimum atomic E-state index is -0.103.